The Hall–Kier alpha value is -2.76. The number of phenolic OH excluding ortho intramolecular Hbond substituents is 1. The van der Waals surface area contributed by atoms with E-state index in [-0.39, 0.29) is 17.1 Å². The van der Waals surface area contributed by atoms with Crippen LogP contribution >= 0.6 is 0 Å². The van der Waals surface area contributed by atoms with Crippen LogP contribution in [0.5, 0.6) is 5.75 Å². The number of phenols is 1. The van der Waals surface area contributed by atoms with E-state index in [0.29, 0.717) is 16.8 Å². The van der Waals surface area contributed by atoms with E-state index in [1.807, 2.05) is 0 Å². The number of benzene rings is 1. The van der Waals surface area contributed by atoms with Crippen LogP contribution in [0.4, 0.5) is 5.69 Å². The highest BCUT2D eigenvalue weighted by molar-refractivity contribution is 6.08. The van der Waals surface area contributed by atoms with Crippen molar-refractivity contribution in [2.75, 3.05) is 5.32 Å². The van der Waals surface area contributed by atoms with E-state index in [9.17, 15) is 14.7 Å². The number of carboxylic acid groups (broad SMARTS) is 1. The molecule has 0 bridgehead atoms. The van der Waals surface area contributed by atoms with Gasteiger partial charge in [0.1, 0.15) is 11.4 Å². The van der Waals surface area contributed by atoms with Gasteiger partial charge < -0.3 is 20.5 Å². The molecule has 0 unspecified atom stereocenters. The highest BCUT2D eigenvalue weighted by Crippen LogP contribution is 2.22. The zero-order valence-electron chi connectivity index (χ0n) is 11.0. The summed E-state index contributed by atoms with van der Waals surface area (Å²) < 4.78 is 0. The van der Waals surface area contributed by atoms with E-state index in [2.05, 4.69) is 10.3 Å². The average molecular weight is 274 g/mol. The van der Waals surface area contributed by atoms with Gasteiger partial charge in [-0.3, -0.25) is 4.79 Å². The minimum atomic E-state index is -1.15. The monoisotopic (exact) mass is 274 g/mol. The summed E-state index contributed by atoms with van der Waals surface area (Å²) in [5, 5.41) is 21.2. The van der Waals surface area contributed by atoms with Crippen molar-refractivity contribution >= 4 is 17.6 Å². The lowest BCUT2D eigenvalue weighted by atomic mass is 10.1. The molecule has 4 N–H and O–H groups in total. The Bertz CT molecular complexity index is 688. The molecule has 0 aliphatic carbocycles. The molecule has 2 rings (SSSR count). The van der Waals surface area contributed by atoms with Crippen LogP contribution in [0.3, 0.4) is 0 Å². The molecule has 0 radical (unpaired) electrons. The lowest BCUT2D eigenvalue weighted by Crippen LogP contribution is -2.15. The van der Waals surface area contributed by atoms with Crippen molar-refractivity contribution in [3.63, 3.8) is 0 Å². The van der Waals surface area contributed by atoms with E-state index in [1.165, 1.54) is 6.07 Å². The number of rotatable bonds is 3. The van der Waals surface area contributed by atoms with Crippen LogP contribution in [0.25, 0.3) is 0 Å². The predicted molar refractivity (Wildman–Crippen MR) is 73.3 cm³/mol. The molecule has 0 atom stereocenters. The van der Waals surface area contributed by atoms with Gasteiger partial charge in [-0.15, -0.1) is 0 Å². The number of carboxylic acids is 1. The summed E-state index contributed by atoms with van der Waals surface area (Å²) in [6.45, 7) is 3.31. The van der Waals surface area contributed by atoms with Crippen LogP contribution in [-0.4, -0.2) is 27.1 Å². The summed E-state index contributed by atoms with van der Waals surface area (Å²) in [5.74, 6) is -1.61. The lowest BCUT2D eigenvalue weighted by molar-refractivity contribution is 0.0692. The molecule has 0 aliphatic heterocycles. The van der Waals surface area contributed by atoms with Crippen LogP contribution in [0, 0.1) is 13.8 Å². The summed E-state index contributed by atoms with van der Waals surface area (Å²) in [6.07, 6.45) is 0. The third kappa shape index (κ3) is 2.49. The number of amides is 1. The maximum absolute atomic E-state index is 12.1. The molecule has 0 spiro atoms. The fraction of sp³-hybridized carbons (Fsp3) is 0.143. The van der Waals surface area contributed by atoms with E-state index >= 15 is 0 Å². The quantitative estimate of drug-likeness (QED) is 0.689. The number of anilines is 1. The predicted octanol–water partition coefficient (Wildman–Crippen LogP) is 2.29. The first kappa shape index (κ1) is 13.7. The molecule has 2 aromatic rings. The maximum Gasteiger partial charge on any atom is 0.354 e. The summed E-state index contributed by atoms with van der Waals surface area (Å²) in [5.41, 5.74) is 1.48. The molecule has 104 valence electrons. The van der Waals surface area contributed by atoms with Crippen molar-refractivity contribution in [2.24, 2.45) is 0 Å². The van der Waals surface area contributed by atoms with Crippen molar-refractivity contribution in [3.8, 4) is 5.75 Å². The summed E-state index contributed by atoms with van der Waals surface area (Å²) in [7, 11) is 0. The third-order valence-corrected chi connectivity index (χ3v) is 2.96. The van der Waals surface area contributed by atoms with E-state index in [4.69, 9.17) is 5.11 Å². The van der Waals surface area contributed by atoms with Gasteiger partial charge in [0.05, 0.1) is 5.69 Å². The van der Waals surface area contributed by atoms with Crippen molar-refractivity contribution in [2.45, 2.75) is 13.8 Å². The molecule has 1 aromatic heterocycles. The second-order valence-electron chi connectivity index (χ2n) is 4.45. The SMILES string of the molecule is Cc1cc(NC(=O)c2cccc(O)c2C)c(C(=O)O)[nH]1. The van der Waals surface area contributed by atoms with Crippen molar-refractivity contribution in [3.05, 3.63) is 46.8 Å². The first-order chi connectivity index (χ1) is 9.40. The van der Waals surface area contributed by atoms with E-state index in [0.717, 1.165) is 0 Å². The van der Waals surface area contributed by atoms with E-state index in [1.54, 1.807) is 32.0 Å². The summed E-state index contributed by atoms with van der Waals surface area (Å²) in [4.78, 5) is 25.9. The van der Waals surface area contributed by atoms with Gasteiger partial charge >= 0.3 is 5.97 Å². The molecule has 0 saturated heterocycles. The second-order valence-corrected chi connectivity index (χ2v) is 4.45. The van der Waals surface area contributed by atoms with Crippen molar-refractivity contribution in [1.29, 1.82) is 0 Å². The zero-order chi connectivity index (χ0) is 14.9. The fourth-order valence-corrected chi connectivity index (χ4v) is 1.92. The number of hydrogen-bond acceptors (Lipinski definition) is 3. The van der Waals surface area contributed by atoms with E-state index < -0.39 is 11.9 Å². The molecule has 6 nitrogen and oxygen atoms in total. The highest BCUT2D eigenvalue weighted by Gasteiger charge is 2.17. The third-order valence-electron chi connectivity index (χ3n) is 2.96. The molecule has 0 saturated carbocycles. The maximum atomic E-state index is 12.1. The van der Waals surface area contributed by atoms with Crippen molar-refractivity contribution in [1.82, 2.24) is 4.98 Å². The Labute approximate surface area is 115 Å². The van der Waals surface area contributed by atoms with Gasteiger partial charge in [-0.05, 0) is 32.0 Å². The molecule has 1 heterocycles. The summed E-state index contributed by atoms with van der Waals surface area (Å²) >= 11 is 0. The number of aromatic hydroxyl groups is 1. The van der Waals surface area contributed by atoms with Gasteiger partial charge in [-0.2, -0.15) is 0 Å². The smallest absolute Gasteiger partial charge is 0.354 e. The Morgan fingerprint density at radius 2 is 1.95 bits per heavy atom. The topological polar surface area (TPSA) is 102 Å². The molecule has 1 aromatic carbocycles. The number of nitrogens with one attached hydrogen (secondary N) is 2. The number of aromatic nitrogens is 1. The second kappa shape index (κ2) is 5.08. The largest absolute Gasteiger partial charge is 0.508 e. The Morgan fingerprint density at radius 3 is 2.60 bits per heavy atom. The van der Waals surface area contributed by atoms with Gasteiger partial charge in [0.25, 0.3) is 5.91 Å². The lowest BCUT2D eigenvalue weighted by Gasteiger charge is -2.08. The van der Waals surface area contributed by atoms with Crippen LogP contribution in [0.1, 0.15) is 32.1 Å². The average Bonchev–Trinajstić information content (AvgIpc) is 2.73. The number of aromatic amines is 1. The minimum Gasteiger partial charge on any atom is -0.508 e. The summed E-state index contributed by atoms with van der Waals surface area (Å²) in [6, 6.07) is 6.14. The van der Waals surface area contributed by atoms with Gasteiger partial charge in [-0.1, -0.05) is 6.07 Å². The van der Waals surface area contributed by atoms with Crippen molar-refractivity contribution < 1.29 is 19.8 Å². The molecular weight excluding hydrogens is 260 g/mol. The Morgan fingerprint density at radius 1 is 1.25 bits per heavy atom. The molecule has 1 amide bonds. The molecule has 0 aliphatic rings. The number of H-pyrrole nitrogens is 1. The Kier molecular flexibility index (Phi) is 3.47. The first-order valence-corrected chi connectivity index (χ1v) is 5.93. The number of carbonyl (C=O) groups excluding carboxylic acids is 1. The van der Waals surface area contributed by atoms with Gasteiger partial charge in [0, 0.05) is 16.8 Å². The molecule has 20 heavy (non-hydrogen) atoms. The molecule has 0 fully saturated rings. The van der Waals surface area contributed by atoms with Crippen LogP contribution in [0.15, 0.2) is 24.3 Å². The minimum absolute atomic E-state index is 0.0151. The fourth-order valence-electron chi connectivity index (χ4n) is 1.92. The van der Waals surface area contributed by atoms with Gasteiger partial charge in [0.15, 0.2) is 0 Å². The highest BCUT2D eigenvalue weighted by atomic mass is 16.4. The van der Waals surface area contributed by atoms with Gasteiger partial charge in [-0.25, -0.2) is 4.79 Å². The number of hydrogen-bond donors (Lipinski definition) is 4. The molecule has 6 heteroatoms. The Balaban J connectivity index is 2.33. The normalized spacial score (nSPS) is 10.3. The number of aromatic carboxylic acids is 1. The number of aryl methyl sites for hydroxylation is 1. The number of carbonyl (C=O) groups is 2. The molecular formula is C14H14N2O4. The van der Waals surface area contributed by atoms with Crippen LogP contribution in [-0.2, 0) is 0 Å². The van der Waals surface area contributed by atoms with Gasteiger partial charge in [0.2, 0.25) is 0 Å². The van der Waals surface area contributed by atoms with Crippen LogP contribution in [0.2, 0.25) is 0 Å². The first-order valence-electron chi connectivity index (χ1n) is 5.93. The standard InChI is InChI=1S/C14H14N2O4/c1-7-6-10(12(15-7)14(19)20)16-13(18)9-4-3-5-11(17)8(9)2/h3-6,15,17H,1-2H3,(H,16,18)(H,19,20). The zero-order valence-corrected chi connectivity index (χ0v) is 11.0. The van der Waals surface area contributed by atoms with Crippen LogP contribution < -0.4 is 5.32 Å².